The van der Waals surface area contributed by atoms with Crippen LogP contribution in [0.4, 0.5) is 19.0 Å². The van der Waals surface area contributed by atoms with Gasteiger partial charge in [0, 0.05) is 49.3 Å². The number of halogens is 3. The summed E-state index contributed by atoms with van der Waals surface area (Å²) in [5.74, 6) is 1.53. The summed E-state index contributed by atoms with van der Waals surface area (Å²) in [5, 5.41) is 0.258. The number of anilines is 1. The highest BCUT2D eigenvalue weighted by atomic mass is 19.4. The minimum Gasteiger partial charge on any atom is -0.460 e. The van der Waals surface area contributed by atoms with Crippen molar-refractivity contribution in [3.05, 3.63) is 83.4 Å². The second kappa shape index (κ2) is 9.93. The van der Waals surface area contributed by atoms with Crippen molar-refractivity contribution >= 4 is 34.6 Å². The summed E-state index contributed by atoms with van der Waals surface area (Å²) in [7, 11) is 0. The van der Waals surface area contributed by atoms with Crippen LogP contribution in [0, 0.1) is 11.8 Å². The average molecular weight is 547 g/mol. The first-order chi connectivity index (χ1) is 19.1. The highest BCUT2D eigenvalue weighted by Gasteiger charge is 2.46. The third-order valence-electron chi connectivity index (χ3n) is 7.43. The maximum atomic E-state index is 14.0. The Balaban J connectivity index is 1.20. The maximum absolute atomic E-state index is 14.0. The van der Waals surface area contributed by atoms with Crippen LogP contribution in [0.25, 0.3) is 28.3 Å². The van der Waals surface area contributed by atoms with Gasteiger partial charge in [0.1, 0.15) is 17.2 Å². The summed E-state index contributed by atoms with van der Waals surface area (Å²) < 4.78 is 47.6. The Kier molecular flexibility index (Phi) is 6.40. The number of aryl methyl sites for hydroxylation is 1. The summed E-state index contributed by atoms with van der Waals surface area (Å²) in [6, 6.07) is 10.6. The van der Waals surface area contributed by atoms with E-state index in [0.717, 1.165) is 19.2 Å². The van der Waals surface area contributed by atoms with Gasteiger partial charge in [-0.15, -0.1) is 0 Å². The number of aromatic nitrogens is 2. The van der Waals surface area contributed by atoms with Crippen LogP contribution in [0.5, 0.6) is 0 Å². The molecule has 1 aliphatic heterocycles. The Morgan fingerprint density at radius 3 is 2.52 bits per heavy atom. The molecule has 2 aliphatic rings. The van der Waals surface area contributed by atoms with E-state index in [-0.39, 0.29) is 46.8 Å². The minimum atomic E-state index is -4.67. The number of rotatable bonds is 7. The quantitative estimate of drug-likeness (QED) is 0.294. The molecule has 3 aromatic heterocycles. The average Bonchev–Trinajstić information content (AvgIpc) is 3.33. The lowest BCUT2D eigenvalue weighted by Crippen LogP contribution is -2.30. The number of furan rings is 1. The third-order valence-corrected chi connectivity index (χ3v) is 7.43. The number of nitrogens with two attached hydrogens (primary N) is 1. The normalized spacial score (nSPS) is 18.4. The number of hydrogen-bond donors (Lipinski definition) is 1. The van der Waals surface area contributed by atoms with Gasteiger partial charge in [-0.25, -0.2) is 4.98 Å². The number of alkyl halides is 3. The zero-order valence-corrected chi connectivity index (χ0v) is 21.3. The van der Waals surface area contributed by atoms with E-state index in [4.69, 9.17) is 10.2 Å². The van der Waals surface area contributed by atoms with Gasteiger partial charge < -0.3 is 15.1 Å². The Hall–Kier alpha value is -4.47. The van der Waals surface area contributed by atoms with Crippen LogP contribution >= 0.6 is 0 Å². The molecule has 1 saturated heterocycles. The Bertz CT molecular complexity index is 1620. The number of fused-ring (bicyclic) bond motifs is 2. The number of likely N-dealkylation sites (tertiary alicyclic amines) is 1. The lowest BCUT2D eigenvalue weighted by atomic mass is 10.0. The summed E-state index contributed by atoms with van der Waals surface area (Å²) in [5.41, 5.74) is 6.02. The molecule has 2 atom stereocenters. The van der Waals surface area contributed by atoms with E-state index in [9.17, 15) is 22.8 Å². The lowest BCUT2D eigenvalue weighted by Gasteiger charge is -2.17. The molecular weight excluding hydrogens is 521 g/mol. The largest absolute Gasteiger partial charge is 0.460 e. The Morgan fingerprint density at radius 2 is 1.85 bits per heavy atom. The van der Waals surface area contributed by atoms with E-state index in [2.05, 4.69) is 9.97 Å². The predicted octanol–water partition coefficient (Wildman–Crippen LogP) is 5.80. The molecule has 0 spiro atoms. The van der Waals surface area contributed by atoms with Gasteiger partial charge in [-0.3, -0.25) is 14.6 Å². The number of piperidine rings is 1. The van der Waals surface area contributed by atoms with Gasteiger partial charge in [0.2, 0.25) is 0 Å². The van der Waals surface area contributed by atoms with Crippen molar-refractivity contribution in [1.29, 1.82) is 0 Å². The number of allylic oxidation sites excluding steroid dienone is 1. The molecule has 1 aliphatic carbocycles. The van der Waals surface area contributed by atoms with Gasteiger partial charge in [0.25, 0.3) is 5.91 Å². The third kappa shape index (κ3) is 5.34. The van der Waals surface area contributed by atoms with Gasteiger partial charge in [-0.1, -0.05) is 0 Å². The number of benzene rings is 1. The molecule has 0 bridgehead atoms. The van der Waals surface area contributed by atoms with E-state index in [1.54, 1.807) is 36.4 Å². The highest BCUT2D eigenvalue weighted by Crippen LogP contribution is 2.45. The first kappa shape index (κ1) is 25.8. The van der Waals surface area contributed by atoms with Gasteiger partial charge >= 0.3 is 6.18 Å². The van der Waals surface area contributed by atoms with Crippen molar-refractivity contribution in [2.45, 2.75) is 25.4 Å². The van der Waals surface area contributed by atoms with Crippen LogP contribution in [0.15, 0.2) is 65.4 Å². The van der Waals surface area contributed by atoms with Gasteiger partial charge in [-0.2, -0.15) is 13.2 Å². The first-order valence-electron chi connectivity index (χ1n) is 13.0. The molecule has 1 saturated carbocycles. The predicted molar refractivity (Wildman–Crippen MR) is 143 cm³/mol. The molecule has 0 radical (unpaired) electrons. The Morgan fingerprint density at radius 1 is 1.05 bits per heavy atom. The van der Waals surface area contributed by atoms with Crippen LogP contribution in [0.3, 0.4) is 0 Å². The van der Waals surface area contributed by atoms with E-state index in [1.807, 2.05) is 4.90 Å². The topological polar surface area (TPSA) is 102 Å². The number of carbonyl (C=O) groups is 2. The number of nitrogens with zero attached hydrogens (tertiary/aromatic N) is 3. The van der Waals surface area contributed by atoms with Crippen LogP contribution < -0.4 is 5.73 Å². The fourth-order valence-corrected chi connectivity index (χ4v) is 5.16. The number of carbonyl (C=O) groups excluding carboxylic acids is 2. The van der Waals surface area contributed by atoms with E-state index < -0.39 is 11.7 Å². The zero-order valence-electron chi connectivity index (χ0n) is 21.3. The standard InChI is InChI=1S/C30H25F3N4O3/c31-30(32,33)25-12-19(26-7-3-18(14-35-26)29(39)37-15-21-10-22(21)16-37)9-20-11-24(40-28(20)25)6-5-23(38)4-1-17-2-8-27(34)36-13-17/h1-4,7-9,11-14,21-22H,5-6,10,15-16H2,(H2,34,36)/b4-1+. The second-order valence-electron chi connectivity index (χ2n) is 10.4. The summed E-state index contributed by atoms with van der Waals surface area (Å²) in [4.78, 5) is 35.1. The van der Waals surface area contributed by atoms with Crippen molar-refractivity contribution in [2.75, 3.05) is 18.8 Å². The van der Waals surface area contributed by atoms with Crippen molar-refractivity contribution in [3.8, 4) is 11.3 Å². The highest BCUT2D eigenvalue weighted by molar-refractivity contribution is 5.95. The number of pyridine rings is 2. The molecule has 2 fully saturated rings. The summed E-state index contributed by atoms with van der Waals surface area (Å²) in [6.07, 6.45) is 2.64. The molecule has 1 aromatic carbocycles. The minimum absolute atomic E-state index is 0.0580. The van der Waals surface area contributed by atoms with Gasteiger partial charge in [0.05, 0.1) is 16.8 Å². The van der Waals surface area contributed by atoms with Crippen molar-refractivity contribution in [1.82, 2.24) is 14.9 Å². The first-order valence-corrected chi connectivity index (χ1v) is 13.0. The number of nitrogen functional groups attached to an aromatic ring is 1. The molecule has 40 heavy (non-hydrogen) atoms. The SMILES string of the molecule is Nc1ccc(/C=C/C(=O)CCc2cc3cc(-c4ccc(C(=O)N5CC6CC6C5)cn4)cc(C(F)(F)F)c3o2)cn1. The number of amides is 1. The summed E-state index contributed by atoms with van der Waals surface area (Å²) in [6.45, 7) is 1.50. The molecule has 1 amide bonds. The van der Waals surface area contributed by atoms with Gasteiger partial charge in [-0.05, 0) is 78.4 Å². The summed E-state index contributed by atoms with van der Waals surface area (Å²) >= 11 is 0. The monoisotopic (exact) mass is 546 g/mol. The van der Waals surface area contributed by atoms with Gasteiger partial charge in [0.15, 0.2) is 5.78 Å². The van der Waals surface area contributed by atoms with E-state index >= 15 is 0 Å². The molecule has 2 unspecified atom stereocenters. The zero-order chi connectivity index (χ0) is 28.0. The van der Waals surface area contributed by atoms with Crippen LogP contribution in [0.2, 0.25) is 0 Å². The molecule has 4 aromatic rings. The smallest absolute Gasteiger partial charge is 0.420 e. The van der Waals surface area contributed by atoms with E-state index in [0.29, 0.717) is 34.5 Å². The van der Waals surface area contributed by atoms with Crippen LogP contribution in [-0.2, 0) is 17.4 Å². The molecule has 10 heteroatoms. The van der Waals surface area contributed by atoms with Crippen molar-refractivity contribution < 1.29 is 27.2 Å². The molecule has 204 valence electrons. The molecule has 2 N–H and O–H groups in total. The molecular formula is C30H25F3N4O3. The fourth-order valence-electron chi connectivity index (χ4n) is 5.16. The number of hydrogen-bond acceptors (Lipinski definition) is 6. The number of ketones is 1. The lowest BCUT2D eigenvalue weighted by molar-refractivity contribution is -0.136. The molecule has 6 rings (SSSR count). The second-order valence-corrected chi connectivity index (χ2v) is 10.4. The van der Waals surface area contributed by atoms with Crippen molar-refractivity contribution in [3.63, 3.8) is 0 Å². The fraction of sp³-hybridized carbons (Fsp3) is 0.267. The molecule has 7 nitrogen and oxygen atoms in total. The Labute approximate surface area is 227 Å². The van der Waals surface area contributed by atoms with Crippen LogP contribution in [0.1, 0.15) is 40.1 Å². The van der Waals surface area contributed by atoms with E-state index in [1.165, 1.54) is 31.0 Å². The van der Waals surface area contributed by atoms with Crippen LogP contribution in [-0.4, -0.2) is 39.6 Å². The van der Waals surface area contributed by atoms with Crippen molar-refractivity contribution in [2.24, 2.45) is 11.8 Å². The maximum Gasteiger partial charge on any atom is 0.420 e. The molecule has 4 heterocycles.